The van der Waals surface area contributed by atoms with Gasteiger partial charge in [0, 0.05) is 11.6 Å². The summed E-state index contributed by atoms with van der Waals surface area (Å²) in [6, 6.07) is 10.3. The molecule has 3 rings (SSSR count). The molecule has 0 aromatic heterocycles. The van der Waals surface area contributed by atoms with E-state index in [2.05, 4.69) is 10.1 Å². The Bertz CT molecular complexity index is 991. The van der Waals surface area contributed by atoms with Crippen molar-refractivity contribution >= 4 is 35.0 Å². The lowest BCUT2D eigenvalue weighted by atomic mass is 10.1. The lowest BCUT2D eigenvalue weighted by molar-refractivity contribution is -0.142. The van der Waals surface area contributed by atoms with Gasteiger partial charge in [0.25, 0.3) is 11.1 Å². The zero-order valence-electron chi connectivity index (χ0n) is 15.3. The van der Waals surface area contributed by atoms with E-state index < -0.39 is 29.0 Å². The molecule has 29 heavy (non-hydrogen) atoms. The molecule has 7 nitrogen and oxygen atoms in total. The first-order valence-electron chi connectivity index (χ1n) is 8.50. The largest absolute Gasteiger partial charge is 0.468 e. The van der Waals surface area contributed by atoms with Gasteiger partial charge in [0.2, 0.25) is 0 Å². The van der Waals surface area contributed by atoms with Crippen molar-refractivity contribution in [1.82, 2.24) is 5.32 Å². The van der Waals surface area contributed by atoms with Crippen LogP contribution in [0.2, 0.25) is 0 Å². The maximum atomic E-state index is 14.3. The zero-order chi connectivity index (χ0) is 21.0. The molecule has 3 N–H and O–H groups in total. The Morgan fingerprint density at radius 2 is 1.90 bits per heavy atom. The fourth-order valence-electron chi connectivity index (χ4n) is 2.57. The summed E-state index contributed by atoms with van der Waals surface area (Å²) in [6.07, 6.45) is 1.63. The third kappa shape index (κ3) is 5.21. The number of hydrogen-bond acceptors (Lipinski definition) is 7. The molecule has 9 heteroatoms. The number of thioether (sulfide) groups is 1. The molecule has 2 aromatic rings. The number of methoxy groups -OCH3 is 1. The number of ether oxygens (including phenoxy) is 2. The number of rotatable bonds is 6. The van der Waals surface area contributed by atoms with Gasteiger partial charge in [-0.25, -0.2) is 4.39 Å². The fraction of sp³-hybridized carbons (Fsp3) is 0.150. The molecule has 1 heterocycles. The number of imide groups is 1. The van der Waals surface area contributed by atoms with Crippen molar-refractivity contribution in [3.05, 3.63) is 64.3 Å². The van der Waals surface area contributed by atoms with E-state index in [-0.39, 0.29) is 16.2 Å². The van der Waals surface area contributed by atoms with E-state index in [1.54, 1.807) is 30.3 Å². The number of carbonyl (C=O) groups is 3. The zero-order valence-corrected chi connectivity index (χ0v) is 16.1. The average Bonchev–Trinajstić information content (AvgIpc) is 3.01. The number of amides is 2. The van der Waals surface area contributed by atoms with Crippen LogP contribution in [0.4, 0.5) is 9.18 Å². The summed E-state index contributed by atoms with van der Waals surface area (Å²) in [5.74, 6) is -0.894. The molecular formula is C20H17FN2O5S. The van der Waals surface area contributed by atoms with Crippen LogP contribution in [-0.2, 0) is 20.7 Å². The van der Waals surface area contributed by atoms with Gasteiger partial charge in [0.1, 0.15) is 23.4 Å². The standard InChI is InChI=1S/C20H17FN2O5S/c1-27-19(25)16(22)8-11-2-5-13(6-3-11)28-14-7-4-12(15(21)10-14)9-17-18(24)23-20(26)29-17/h2-7,9-10,16H,8,22H2,1H3,(H,23,24,26)/b17-9-/t16-/m0/s1. The van der Waals surface area contributed by atoms with Crippen LogP contribution in [-0.4, -0.2) is 30.3 Å². The molecule has 2 aromatic carbocycles. The predicted molar refractivity (Wildman–Crippen MR) is 106 cm³/mol. The maximum absolute atomic E-state index is 14.3. The van der Waals surface area contributed by atoms with E-state index in [1.807, 2.05) is 0 Å². The first-order valence-corrected chi connectivity index (χ1v) is 9.32. The van der Waals surface area contributed by atoms with Gasteiger partial charge in [-0.1, -0.05) is 12.1 Å². The highest BCUT2D eigenvalue weighted by Gasteiger charge is 2.25. The fourth-order valence-corrected chi connectivity index (χ4v) is 3.24. The van der Waals surface area contributed by atoms with E-state index in [1.165, 1.54) is 25.3 Å². The van der Waals surface area contributed by atoms with Crippen molar-refractivity contribution in [2.24, 2.45) is 5.73 Å². The van der Waals surface area contributed by atoms with E-state index in [0.29, 0.717) is 12.2 Å². The number of benzene rings is 2. The van der Waals surface area contributed by atoms with Crippen molar-refractivity contribution in [3.8, 4) is 11.5 Å². The molecule has 150 valence electrons. The van der Waals surface area contributed by atoms with Crippen molar-refractivity contribution in [2.75, 3.05) is 7.11 Å². The first-order chi connectivity index (χ1) is 13.9. The van der Waals surface area contributed by atoms with Crippen LogP contribution >= 0.6 is 11.8 Å². The second kappa shape index (κ2) is 8.89. The molecule has 0 radical (unpaired) electrons. The molecule has 1 atom stereocenters. The SMILES string of the molecule is COC(=O)[C@@H](N)Cc1ccc(Oc2ccc(/C=C3\SC(=O)NC3=O)c(F)c2)cc1. The summed E-state index contributed by atoms with van der Waals surface area (Å²) in [5, 5.41) is 1.62. The summed E-state index contributed by atoms with van der Waals surface area (Å²) in [5.41, 5.74) is 6.72. The van der Waals surface area contributed by atoms with Crippen LogP contribution in [0.5, 0.6) is 11.5 Å². The third-order valence-corrected chi connectivity index (χ3v) is 4.83. The van der Waals surface area contributed by atoms with Crippen LogP contribution in [0, 0.1) is 5.82 Å². The quantitative estimate of drug-likeness (QED) is 0.551. The summed E-state index contributed by atoms with van der Waals surface area (Å²) in [7, 11) is 1.28. The third-order valence-electron chi connectivity index (χ3n) is 4.02. The summed E-state index contributed by atoms with van der Waals surface area (Å²) in [4.78, 5) is 34.2. The Morgan fingerprint density at radius 3 is 2.48 bits per heavy atom. The molecule has 0 saturated carbocycles. The molecule has 2 amide bonds. The number of nitrogens with two attached hydrogens (primary N) is 1. The van der Waals surface area contributed by atoms with Crippen LogP contribution in [0.25, 0.3) is 6.08 Å². The van der Waals surface area contributed by atoms with Gasteiger partial charge in [-0.15, -0.1) is 0 Å². The molecule has 0 unspecified atom stereocenters. The maximum Gasteiger partial charge on any atom is 0.322 e. The highest BCUT2D eigenvalue weighted by molar-refractivity contribution is 8.18. The summed E-state index contributed by atoms with van der Waals surface area (Å²) < 4.78 is 24.6. The van der Waals surface area contributed by atoms with Gasteiger partial charge in [-0.05, 0) is 54.1 Å². The summed E-state index contributed by atoms with van der Waals surface area (Å²) >= 11 is 0.718. The number of halogens is 1. The second-order valence-corrected chi connectivity index (χ2v) is 7.13. The lowest BCUT2D eigenvalue weighted by Crippen LogP contribution is -2.33. The summed E-state index contributed by atoms with van der Waals surface area (Å²) in [6.45, 7) is 0. The number of carbonyl (C=O) groups excluding carboxylic acids is 3. The minimum absolute atomic E-state index is 0.128. The van der Waals surface area contributed by atoms with Crippen LogP contribution in [0.1, 0.15) is 11.1 Å². The van der Waals surface area contributed by atoms with Crippen LogP contribution in [0.15, 0.2) is 47.4 Å². The molecular weight excluding hydrogens is 399 g/mol. The Hall–Kier alpha value is -3.17. The van der Waals surface area contributed by atoms with Crippen molar-refractivity contribution < 1.29 is 28.2 Å². The second-order valence-electron chi connectivity index (χ2n) is 6.12. The van der Waals surface area contributed by atoms with Gasteiger partial charge in [-0.2, -0.15) is 0 Å². The smallest absolute Gasteiger partial charge is 0.322 e. The molecule has 0 bridgehead atoms. The molecule has 0 spiro atoms. The van der Waals surface area contributed by atoms with E-state index in [4.69, 9.17) is 10.5 Å². The van der Waals surface area contributed by atoms with Crippen LogP contribution in [0.3, 0.4) is 0 Å². The number of esters is 1. The minimum atomic E-state index is -0.752. The monoisotopic (exact) mass is 416 g/mol. The van der Waals surface area contributed by atoms with E-state index in [0.717, 1.165) is 17.3 Å². The average molecular weight is 416 g/mol. The molecule has 1 aliphatic rings. The molecule has 0 aliphatic carbocycles. The number of nitrogens with one attached hydrogen (secondary N) is 1. The van der Waals surface area contributed by atoms with Crippen molar-refractivity contribution in [1.29, 1.82) is 0 Å². The minimum Gasteiger partial charge on any atom is -0.468 e. The Kier molecular flexibility index (Phi) is 6.30. The van der Waals surface area contributed by atoms with Crippen molar-refractivity contribution in [2.45, 2.75) is 12.5 Å². The van der Waals surface area contributed by atoms with Gasteiger partial charge < -0.3 is 15.2 Å². The Morgan fingerprint density at radius 1 is 1.21 bits per heavy atom. The normalized spacial score (nSPS) is 15.9. The Labute approximate surface area is 170 Å². The van der Waals surface area contributed by atoms with Crippen molar-refractivity contribution in [3.63, 3.8) is 0 Å². The van der Waals surface area contributed by atoms with Gasteiger partial charge >= 0.3 is 5.97 Å². The van der Waals surface area contributed by atoms with Gasteiger partial charge in [0.05, 0.1) is 12.0 Å². The molecule has 1 aliphatic heterocycles. The lowest BCUT2D eigenvalue weighted by Gasteiger charge is -2.10. The van der Waals surface area contributed by atoms with E-state index in [9.17, 15) is 18.8 Å². The van der Waals surface area contributed by atoms with E-state index >= 15 is 0 Å². The number of hydrogen-bond donors (Lipinski definition) is 2. The topological polar surface area (TPSA) is 108 Å². The molecule has 1 fully saturated rings. The predicted octanol–water partition coefficient (Wildman–Crippen LogP) is 2.98. The first kappa shape index (κ1) is 20.6. The highest BCUT2D eigenvalue weighted by Crippen LogP contribution is 2.29. The highest BCUT2D eigenvalue weighted by atomic mass is 32.2. The van der Waals surface area contributed by atoms with Gasteiger partial charge in [0.15, 0.2) is 0 Å². The molecule has 1 saturated heterocycles. The Balaban J connectivity index is 1.67. The van der Waals surface area contributed by atoms with Crippen LogP contribution < -0.4 is 15.8 Å². The van der Waals surface area contributed by atoms with Gasteiger partial charge in [-0.3, -0.25) is 19.7 Å².